The first-order chi connectivity index (χ1) is 10.4. The molecule has 0 saturated carbocycles. The van der Waals surface area contributed by atoms with Gasteiger partial charge in [-0.15, -0.1) is 10.2 Å². The summed E-state index contributed by atoms with van der Waals surface area (Å²) in [5, 5.41) is 11.9. The minimum Gasteiger partial charge on any atom is -0.454 e. The Morgan fingerprint density at radius 3 is 3.24 bits per heavy atom. The Hall–Kier alpha value is -2.08. The van der Waals surface area contributed by atoms with Gasteiger partial charge in [0.05, 0.1) is 0 Å². The zero-order chi connectivity index (χ0) is 14.1. The molecule has 6 heteroatoms. The molecule has 0 fully saturated rings. The molecule has 21 heavy (non-hydrogen) atoms. The van der Waals surface area contributed by atoms with E-state index in [0.717, 1.165) is 61.2 Å². The van der Waals surface area contributed by atoms with Crippen LogP contribution in [-0.2, 0) is 25.9 Å². The molecule has 4 rings (SSSR count). The van der Waals surface area contributed by atoms with E-state index >= 15 is 0 Å². The Balaban J connectivity index is 1.33. The predicted octanol–water partition coefficient (Wildman–Crippen LogP) is 1.29. The molecule has 6 nitrogen and oxygen atoms in total. The third-order valence-electron chi connectivity index (χ3n) is 4.01. The molecule has 2 aromatic rings. The molecule has 1 aromatic heterocycles. The van der Waals surface area contributed by atoms with Crippen LogP contribution < -0.4 is 14.8 Å². The number of nitrogens with zero attached hydrogens (tertiary/aromatic N) is 3. The van der Waals surface area contributed by atoms with Gasteiger partial charge in [0.1, 0.15) is 11.6 Å². The maximum absolute atomic E-state index is 5.50. The van der Waals surface area contributed by atoms with Crippen molar-refractivity contribution in [1.82, 2.24) is 20.1 Å². The van der Waals surface area contributed by atoms with E-state index in [1.807, 2.05) is 12.1 Å². The van der Waals surface area contributed by atoms with Gasteiger partial charge < -0.3 is 19.4 Å². The number of aromatic nitrogens is 3. The molecule has 0 radical (unpaired) electrons. The highest BCUT2D eigenvalue weighted by atomic mass is 16.7. The number of benzene rings is 1. The van der Waals surface area contributed by atoms with Crippen LogP contribution in [0.2, 0.25) is 0 Å². The van der Waals surface area contributed by atoms with Crippen molar-refractivity contribution in [3.63, 3.8) is 0 Å². The Kier molecular flexibility index (Phi) is 3.23. The smallest absolute Gasteiger partial charge is 0.231 e. The van der Waals surface area contributed by atoms with E-state index in [-0.39, 0.29) is 0 Å². The standard InChI is InChI=1S/C15H18N4O2/c1-3-11(15-12(4-1)20-10-21-15)9-16-7-6-14-18-17-13-5-2-8-19(13)14/h1,3-4,16H,2,5-10H2. The second-order valence-corrected chi connectivity index (χ2v) is 5.37. The number of nitrogens with one attached hydrogen (secondary N) is 1. The fraction of sp³-hybridized carbons (Fsp3) is 0.467. The van der Waals surface area contributed by atoms with E-state index in [2.05, 4.69) is 26.1 Å². The van der Waals surface area contributed by atoms with Gasteiger partial charge in [-0.25, -0.2) is 0 Å². The maximum atomic E-state index is 5.50. The third-order valence-corrected chi connectivity index (χ3v) is 4.01. The van der Waals surface area contributed by atoms with Gasteiger partial charge in [0.25, 0.3) is 0 Å². The predicted molar refractivity (Wildman–Crippen MR) is 76.3 cm³/mol. The monoisotopic (exact) mass is 286 g/mol. The molecule has 0 bridgehead atoms. The summed E-state index contributed by atoms with van der Waals surface area (Å²) < 4.78 is 13.1. The highest BCUT2D eigenvalue weighted by molar-refractivity contribution is 5.48. The second-order valence-electron chi connectivity index (χ2n) is 5.37. The summed E-state index contributed by atoms with van der Waals surface area (Å²) in [7, 11) is 0. The summed E-state index contributed by atoms with van der Waals surface area (Å²) >= 11 is 0. The van der Waals surface area contributed by atoms with Crippen LogP contribution in [0.5, 0.6) is 11.5 Å². The van der Waals surface area contributed by atoms with Crippen molar-refractivity contribution in [2.45, 2.75) is 32.4 Å². The molecule has 1 N–H and O–H groups in total. The van der Waals surface area contributed by atoms with E-state index < -0.39 is 0 Å². The molecule has 2 aliphatic heterocycles. The Labute approximate surface area is 123 Å². The average Bonchev–Trinajstić information content (AvgIpc) is 3.20. The van der Waals surface area contributed by atoms with Crippen molar-refractivity contribution in [2.75, 3.05) is 13.3 Å². The lowest BCUT2D eigenvalue weighted by Gasteiger charge is -2.08. The van der Waals surface area contributed by atoms with Crippen molar-refractivity contribution in [1.29, 1.82) is 0 Å². The number of rotatable bonds is 5. The highest BCUT2D eigenvalue weighted by Crippen LogP contribution is 2.35. The molecule has 0 aliphatic carbocycles. The fourth-order valence-corrected chi connectivity index (χ4v) is 2.95. The van der Waals surface area contributed by atoms with Gasteiger partial charge in [0.2, 0.25) is 6.79 Å². The minimum atomic E-state index is 0.318. The van der Waals surface area contributed by atoms with Crippen molar-refractivity contribution in [2.24, 2.45) is 0 Å². The van der Waals surface area contributed by atoms with Gasteiger partial charge in [-0.2, -0.15) is 0 Å². The maximum Gasteiger partial charge on any atom is 0.231 e. The Morgan fingerprint density at radius 2 is 2.24 bits per heavy atom. The molecule has 1 aromatic carbocycles. The van der Waals surface area contributed by atoms with Crippen LogP contribution in [0, 0.1) is 0 Å². The van der Waals surface area contributed by atoms with Crippen LogP contribution in [0.3, 0.4) is 0 Å². The number of hydrogen-bond acceptors (Lipinski definition) is 5. The quantitative estimate of drug-likeness (QED) is 0.839. The van der Waals surface area contributed by atoms with E-state index in [1.54, 1.807) is 0 Å². The second kappa shape index (κ2) is 5.37. The Morgan fingerprint density at radius 1 is 1.24 bits per heavy atom. The van der Waals surface area contributed by atoms with E-state index in [9.17, 15) is 0 Å². The summed E-state index contributed by atoms with van der Waals surface area (Å²) in [5.41, 5.74) is 1.14. The molecule has 0 unspecified atom stereocenters. The largest absolute Gasteiger partial charge is 0.454 e. The fourth-order valence-electron chi connectivity index (χ4n) is 2.95. The zero-order valence-corrected chi connectivity index (χ0v) is 11.8. The van der Waals surface area contributed by atoms with Crippen molar-refractivity contribution < 1.29 is 9.47 Å². The molecule has 0 saturated heterocycles. The van der Waals surface area contributed by atoms with Gasteiger partial charge in [0, 0.05) is 38.0 Å². The summed E-state index contributed by atoms with van der Waals surface area (Å²) in [6, 6.07) is 6.00. The van der Waals surface area contributed by atoms with Crippen molar-refractivity contribution in [3.8, 4) is 11.5 Å². The molecule has 3 heterocycles. The SMILES string of the molecule is c1cc(CNCCc2nnc3n2CCC3)c2c(c1)OCO2. The van der Waals surface area contributed by atoms with Gasteiger partial charge in [-0.3, -0.25) is 0 Å². The van der Waals surface area contributed by atoms with Gasteiger partial charge in [0.15, 0.2) is 11.5 Å². The third kappa shape index (κ3) is 2.35. The molecule has 0 spiro atoms. The number of fused-ring (bicyclic) bond motifs is 2. The van der Waals surface area contributed by atoms with E-state index in [4.69, 9.17) is 9.47 Å². The first-order valence-corrected chi connectivity index (χ1v) is 7.41. The lowest BCUT2D eigenvalue weighted by atomic mass is 10.2. The number of para-hydroxylation sites is 1. The van der Waals surface area contributed by atoms with Gasteiger partial charge in [-0.05, 0) is 12.5 Å². The average molecular weight is 286 g/mol. The normalized spacial score (nSPS) is 15.4. The van der Waals surface area contributed by atoms with Crippen LogP contribution >= 0.6 is 0 Å². The summed E-state index contributed by atoms with van der Waals surface area (Å²) in [6.07, 6.45) is 3.16. The topological polar surface area (TPSA) is 61.2 Å². The summed E-state index contributed by atoms with van der Waals surface area (Å²) in [6.45, 7) is 3.03. The van der Waals surface area contributed by atoms with E-state index in [0.29, 0.717) is 6.79 Å². The number of ether oxygens (including phenoxy) is 2. The van der Waals surface area contributed by atoms with Crippen LogP contribution in [0.4, 0.5) is 0 Å². The van der Waals surface area contributed by atoms with Crippen molar-refractivity contribution >= 4 is 0 Å². The molecular formula is C15H18N4O2. The number of hydrogen-bond donors (Lipinski definition) is 1. The molecule has 0 atom stereocenters. The van der Waals surface area contributed by atoms with Crippen molar-refractivity contribution in [3.05, 3.63) is 35.4 Å². The van der Waals surface area contributed by atoms with Gasteiger partial charge in [-0.1, -0.05) is 12.1 Å². The van der Waals surface area contributed by atoms with Crippen LogP contribution in [0.1, 0.15) is 23.6 Å². The lowest BCUT2D eigenvalue weighted by molar-refractivity contribution is 0.173. The van der Waals surface area contributed by atoms with Crippen LogP contribution in [0.15, 0.2) is 18.2 Å². The Bertz CT molecular complexity index is 653. The summed E-state index contributed by atoms with van der Waals surface area (Å²) in [4.78, 5) is 0. The first kappa shape index (κ1) is 12.6. The van der Waals surface area contributed by atoms with E-state index in [1.165, 1.54) is 6.42 Å². The van der Waals surface area contributed by atoms with Crippen LogP contribution in [0.25, 0.3) is 0 Å². The molecular weight excluding hydrogens is 268 g/mol. The molecule has 0 amide bonds. The molecule has 110 valence electrons. The summed E-state index contributed by atoms with van der Waals surface area (Å²) in [5.74, 6) is 3.93. The highest BCUT2D eigenvalue weighted by Gasteiger charge is 2.18. The molecule has 2 aliphatic rings. The lowest BCUT2D eigenvalue weighted by Crippen LogP contribution is -2.18. The van der Waals surface area contributed by atoms with Crippen LogP contribution in [-0.4, -0.2) is 28.1 Å². The first-order valence-electron chi connectivity index (χ1n) is 7.41. The number of aryl methyl sites for hydroxylation is 1. The zero-order valence-electron chi connectivity index (χ0n) is 11.8. The minimum absolute atomic E-state index is 0.318. The van der Waals surface area contributed by atoms with Gasteiger partial charge >= 0.3 is 0 Å².